The Bertz CT molecular complexity index is 1200. The van der Waals surface area contributed by atoms with E-state index in [0.29, 0.717) is 15.7 Å². The van der Waals surface area contributed by atoms with Gasteiger partial charge in [-0.2, -0.15) is 0 Å². The summed E-state index contributed by atoms with van der Waals surface area (Å²) < 4.78 is 0. The zero-order valence-corrected chi connectivity index (χ0v) is 18.9. The Hall–Kier alpha value is -2.82. The van der Waals surface area contributed by atoms with Crippen molar-refractivity contribution in [1.82, 2.24) is 5.32 Å². The van der Waals surface area contributed by atoms with E-state index in [-0.39, 0.29) is 29.6 Å². The number of fused-ring (bicyclic) bond motifs is 3. The van der Waals surface area contributed by atoms with Crippen molar-refractivity contribution in [3.05, 3.63) is 99.5 Å². The predicted octanol–water partition coefficient (Wildman–Crippen LogP) is 5.73. The van der Waals surface area contributed by atoms with E-state index >= 15 is 0 Å². The van der Waals surface area contributed by atoms with Gasteiger partial charge < -0.3 is 10.6 Å². The van der Waals surface area contributed by atoms with Gasteiger partial charge >= 0.3 is 0 Å². The number of nitrogens with one attached hydrogen (secondary N) is 2. The minimum Gasteiger partial charge on any atom is -0.351 e. The van der Waals surface area contributed by atoms with Crippen molar-refractivity contribution in [2.45, 2.75) is 30.7 Å². The molecule has 3 aromatic carbocycles. The first kappa shape index (κ1) is 21.0. The zero-order chi connectivity index (χ0) is 22.4. The molecule has 2 aliphatic rings. The van der Waals surface area contributed by atoms with Crippen LogP contribution < -0.4 is 10.6 Å². The number of hydrogen-bond acceptors (Lipinski definition) is 2. The normalized spacial score (nSPS) is 26.9. The first-order valence-electron chi connectivity index (χ1n) is 10.6. The Morgan fingerprint density at radius 1 is 0.750 bits per heavy atom. The lowest BCUT2D eigenvalue weighted by atomic mass is 9.65. The molecule has 0 bridgehead atoms. The summed E-state index contributed by atoms with van der Waals surface area (Å²) in [5.41, 5.74) is 3.50. The summed E-state index contributed by atoms with van der Waals surface area (Å²) in [7, 11) is 0. The average Bonchev–Trinajstić information content (AvgIpc) is 2.88. The fourth-order valence-corrected chi connectivity index (χ4v) is 5.66. The van der Waals surface area contributed by atoms with Gasteiger partial charge in [-0.1, -0.05) is 78.7 Å². The van der Waals surface area contributed by atoms with Gasteiger partial charge in [-0.3, -0.25) is 9.59 Å². The fraction of sp³-hybridized carbons (Fsp3) is 0.231. The number of piperidine rings is 1. The largest absolute Gasteiger partial charge is 0.351 e. The van der Waals surface area contributed by atoms with Crippen LogP contribution in [0, 0.1) is 5.92 Å². The zero-order valence-electron chi connectivity index (χ0n) is 17.4. The van der Waals surface area contributed by atoms with E-state index in [0.717, 1.165) is 16.7 Å². The standard InChI is InChI=1S/C26H22Cl2N2O2/c1-14-21(15-6-3-2-4-7-15)23-19-11-10-18(28)13-20(19)29-26(32)22(24(23)30-25(14)31)16-8-5-9-17(27)12-16/h2-14,21-24H,1H3,(H,29,32)(H,30,31)/t14-,21-,22-,23?,24?/m1/s1. The molecule has 0 aromatic heterocycles. The highest BCUT2D eigenvalue weighted by Crippen LogP contribution is 2.51. The van der Waals surface area contributed by atoms with Crippen LogP contribution in [0.3, 0.4) is 0 Å². The predicted molar refractivity (Wildman–Crippen MR) is 127 cm³/mol. The summed E-state index contributed by atoms with van der Waals surface area (Å²) in [6, 6.07) is 22.5. The number of carbonyl (C=O) groups is 2. The Morgan fingerprint density at radius 3 is 2.22 bits per heavy atom. The van der Waals surface area contributed by atoms with Crippen LogP contribution in [0.15, 0.2) is 72.8 Å². The van der Waals surface area contributed by atoms with Crippen molar-refractivity contribution in [1.29, 1.82) is 0 Å². The molecule has 2 N–H and O–H groups in total. The number of carbonyl (C=O) groups excluding carboxylic acids is 2. The van der Waals surface area contributed by atoms with Gasteiger partial charge in [-0.05, 0) is 41.0 Å². The topological polar surface area (TPSA) is 58.2 Å². The van der Waals surface area contributed by atoms with E-state index in [4.69, 9.17) is 23.2 Å². The van der Waals surface area contributed by atoms with Crippen molar-refractivity contribution in [2.75, 3.05) is 5.32 Å². The average molecular weight is 465 g/mol. The maximum atomic E-state index is 13.5. The summed E-state index contributed by atoms with van der Waals surface area (Å²) in [6.07, 6.45) is 0. The summed E-state index contributed by atoms with van der Waals surface area (Å²) in [4.78, 5) is 26.7. The highest BCUT2D eigenvalue weighted by molar-refractivity contribution is 6.31. The first-order chi connectivity index (χ1) is 15.4. The van der Waals surface area contributed by atoms with Crippen LogP contribution in [0.5, 0.6) is 0 Å². The van der Waals surface area contributed by atoms with Crippen LogP contribution in [-0.2, 0) is 9.59 Å². The lowest BCUT2D eigenvalue weighted by Crippen LogP contribution is -2.54. The third kappa shape index (κ3) is 3.58. The molecule has 6 heteroatoms. The quantitative estimate of drug-likeness (QED) is 0.508. The second-order valence-electron chi connectivity index (χ2n) is 8.54. The fourth-order valence-electron chi connectivity index (χ4n) is 5.29. The SMILES string of the molecule is C[C@H]1C(=O)NC2C(c3ccc(Cl)cc3NC(=O)[C@@H]2c2cccc(Cl)c2)[C@H]1c1ccccc1. The van der Waals surface area contributed by atoms with Crippen LogP contribution in [0.2, 0.25) is 10.0 Å². The number of anilines is 1. The summed E-state index contributed by atoms with van der Waals surface area (Å²) in [5, 5.41) is 7.35. The molecule has 2 unspecified atom stereocenters. The van der Waals surface area contributed by atoms with E-state index < -0.39 is 12.0 Å². The minimum atomic E-state index is -0.604. The number of amides is 2. The van der Waals surface area contributed by atoms with Crippen LogP contribution in [0.1, 0.15) is 41.4 Å². The molecular weight excluding hydrogens is 443 g/mol. The highest BCUT2D eigenvalue weighted by atomic mass is 35.5. The van der Waals surface area contributed by atoms with E-state index in [2.05, 4.69) is 22.8 Å². The molecule has 1 fully saturated rings. The monoisotopic (exact) mass is 464 g/mol. The molecular formula is C26H22Cl2N2O2. The first-order valence-corrected chi connectivity index (χ1v) is 11.4. The molecule has 0 saturated carbocycles. The molecule has 0 aliphatic carbocycles. The van der Waals surface area contributed by atoms with Crippen molar-refractivity contribution in [2.24, 2.45) is 5.92 Å². The smallest absolute Gasteiger partial charge is 0.234 e. The number of rotatable bonds is 2. The third-order valence-electron chi connectivity index (χ3n) is 6.70. The lowest BCUT2D eigenvalue weighted by Gasteiger charge is -2.44. The van der Waals surface area contributed by atoms with Crippen molar-refractivity contribution in [3.8, 4) is 0 Å². The Morgan fingerprint density at radius 2 is 1.47 bits per heavy atom. The summed E-state index contributed by atoms with van der Waals surface area (Å²) >= 11 is 12.6. The van der Waals surface area contributed by atoms with E-state index in [1.165, 1.54) is 0 Å². The lowest BCUT2D eigenvalue weighted by molar-refractivity contribution is -0.129. The minimum absolute atomic E-state index is 0.0580. The maximum Gasteiger partial charge on any atom is 0.234 e. The van der Waals surface area contributed by atoms with Crippen molar-refractivity contribution >= 4 is 40.7 Å². The van der Waals surface area contributed by atoms with Crippen LogP contribution in [0.25, 0.3) is 0 Å². The number of benzene rings is 3. The molecule has 32 heavy (non-hydrogen) atoms. The Balaban J connectivity index is 1.75. The van der Waals surface area contributed by atoms with Crippen LogP contribution in [0.4, 0.5) is 5.69 Å². The van der Waals surface area contributed by atoms with E-state index in [1.54, 1.807) is 18.2 Å². The van der Waals surface area contributed by atoms with Gasteiger partial charge in [0.05, 0.1) is 12.0 Å². The van der Waals surface area contributed by atoms with E-state index in [1.807, 2.05) is 49.4 Å². The van der Waals surface area contributed by atoms with Gasteiger partial charge in [0.15, 0.2) is 0 Å². The van der Waals surface area contributed by atoms with E-state index in [9.17, 15) is 9.59 Å². The second kappa shape index (κ2) is 8.27. The molecule has 0 radical (unpaired) electrons. The highest BCUT2D eigenvalue weighted by Gasteiger charge is 2.50. The molecule has 4 nitrogen and oxygen atoms in total. The Labute approximate surface area is 196 Å². The van der Waals surface area contributed by atoms with Gasteiger partial charge in [0.25, 0.3) is 0 Å². The molecule has 5 atom stereocenters. The molecule has 0 spiro atoms. The van der Waals surface area contributed by atoms with Gasteiger partial charge in [-0.15, -0.1) is 0 Å². The number of halogens is 2. The van der Waals surface area contributed by atoms with Gasteiger partial charge in [0, 0.05) is 33.5 Å². The Kier molecular flexibility index (Phi) is 5.44. The van der Waals surface area contributed by atoms with Gasteiger partial charge in [0.1, 0.15) is 0 Å². The molecule has 2 heterocycles. The van der Waals surface area contributed by atoms with Crippen LogP contribution >= 0.6 is 23.2 Å². The van der Waals surface area contributed by atoms with Crippen molar-refractivity contribution in [3.63, 3.8) is 0 Å². The van der Waals surface area contributed by atoms with Crippen LogP contribution in [-0.4, -0.2) is 17.9 Å². The second-order valence-corrected chi connectivity index (χ2v) is 9.41. The molecule has 2 amide bonds. The van der Waals surface area contributed by atoms with Gasteiger partial charge in [-0.25, -0.2) is 0 Å². The number of hydrogen-bond donors (Lipinski definition) is 2. The molecule has 1 saturated heterocycles. The maximum absolute atomic E-state index is 13.5. The molecule has 5 rings (SSSR count). The third-order valence-corrected chi connectivity index (χ3v) is 7.17. The molecule has 162 valence electrons. The summed E-state index contributed by atoms with van der Waals surface area (Å²) in [6.45, 7) is 1.95. The van der Waals surface area contributed by atoms with Gasteiger partial charge in [0.2, 0.25) is 11.8 Å². The molecule has 3 aromatic rings. The van der Waals surface area contributed by atoms with Crippen molar-refractivity contribution < 1.29 is 9.59 Å². The summed E-state index contributed by atoms with van der Waals surface area (Å²) in [5.74, 6) is -1.37. The molecule has 2 aliphatic heterocycles.